The second-order valence-corrected chi connectivity index (χ2v) is 24.4. The Labute approximate surface area is 512 Å². The molecule has 0 aliphatic carbocycles. The molecule has 484 valence electrons. The molecule has 1 aromatic heterocycles. The van der Waals surface area contributed by atoms with Gasteiger partial charge in [0.25, 0.3) is 0 Å². The number of nitrogens with two attached hydrogens (primary N) is 6. The molecule has 0 unspecified atom stereocenters. The summed E-state index contributed by atoms with van der Waals surface area (Å²) in [6.07, 6.45) is -0.0584. The number of amides is 12. The molecule has 1 saturated heterocycles. The molecule has 11 atom stereocenters. The number of unbranched alkanes of at least 4 members (excludes halogenated alkanes) is 2. The highest BCUT2D eigenvalue weighted by molar-refractivity contribution is 8.76. The fraction of sp³-hybridized carbons (Fsp3) is 0.618. The van der Waals surface area contributed by atoms with Crippen LogP contribution in [0.25, 0.3) is 10.9 Å². The molecule has 32 heteroatoms. The molecule has 2 heterocycles. The Morgan fingerprint density at radius 3 is 1.52 bits per heavy atom. The van der Waals surface area contributed by atoms with Crippen molar-refractivity contribution in [2.45, 2.75) is 178 Å². The normalized spacial score (nSPS) is 24.7. The largest absolute Gasteiger partial charge is 0.481 e. The van der Waals surface area contributed by atoms with Gasteiger partial charge in [0.15, 0.2) is 0 Å². The van der Waals surface area contributed by atoms with Crippen LogP contribution < -0.4 is 82.3 Å². The Balaban J connectivity index is 2.24. The first-order valence-corrected chi connectivity index (χ1v) is 31.4. The van der Waals surface area contributed by atoms with Gasteiger partial charge in [0, 0.05) is 47.9 Å². The summed E-state index contributed by atoms with van der Waals surface area (Å²) in [5.41, 5.74) is 35.7. The fourth-order valence-corrected chi connectivity index (χ4v) is 11.4. The summed E-state index contributed by atoms with van der Waals surface area (Å²) >= 11 is 0. The molecule has 1 aliphatic heterocycles. The summed E-state index contributed by atoms with van der Waals surface area (Å²) in [5.74, 6) is -14.2. The van der Waals surface area contributed by atoms with Gasteiger partial charge in [0.05, 0.1) is 12.5 Å². The molecule has 12 amide bonds. The van der Waals surface area contributed by atoms with Crippen LogP contribution in [0.1, 0.15) is 117 Å². The predicted molar refractivity (Wildman–Crippen MR) is 325 cm³/mol. The van der Waals surface area contributed by atoms with Crippen molar-refractivity contribution in [3.8, 4) is 0 Å². The molecule has 1 aromatic carbocycles. The number of hydrogen-bond acceptors (Lipinski definition) is 18. The first-order chi connectivity index (χ1) is 41.2. The van der Waals surface area contributed by atoms with Crippen molar-refractivity contribution in [3.05, 3.63) is 36.0 Å². The lowest BCUT2D eigenvalue weighted by atomic mass is 9.96. The minimum Gasteiger partial charge on any atom is -0.481 e. The zero-order valence-corrected chi connectivity index (χ0v) is 51.2. The Bertz CT molecular complexity index is 2720. The van der Waals surface area contributed by atoms with E-state index in [0.717, 1.165) is 21.6 Å². The molecule has 30 nitrogen and oxygen atoms in total. The Morgan fingerprint density at radius 1 is 0.563 bits per heavy atom. The van der Waals surface area contributed by atoms with E-state index in [9.17, 15) is 67.4 Å². The van der Waals surface area contributed by atoms with Crippen LogP contribution in [-0.4, -0.2) is 172 Å². The van der Waals surface area contributed by atoms with E-state index in [1.54, 1.807) is 58.2 Å². The second-order valence-electron chi connectivity index (χ2n) is 21.8. The third-order valence-electron chi connectivity index (χ3n) is 14.2. The molecule has 1 aliphatic rings. The number of H-pyrrole nitrogens is 1. The number of carboxylic acids is 1. The molecule has 2 aromatic rings. The van der Waals surface area contributed by atoms with Crippen LogP contribution in [0.4, 0.5) is 0 Å². The number of aliphatic carboxylic acids is 1. The van der Waals surface area contributed by atoms with Crippen molar-refractivity contribution in [2.24, 2.45) is 46.2 Å². The maximum absolute atomic E-state index is 14.8. The fourth-order valence-electron chi connectivity index (χ4n) is 9.09. The summed E-state index contributed by atoms with van der Waals surface area (Å²) in [7, 11) is 1.96. The van der Waals surface area contributed by atoms with Crippen LogP contribution in [-0.2, 0) is 68.7 Å². The maximum atomic E-state index is 14.8. The van der Waals surface area contributed by atoms with Gasteiger partial charge in [-0.1, -0.05) is 73.9 Å². The number of carboxylic acid groups (broad SMARTS) is 1. The number of primary amides is 3. The van der Waals surface area contributed by atoms with Crippen molar-refractivity contribution in [1.82, 2.24) is 52.8 Å². The first kappa shape index (κ1) is 73.7. The average Bonchev–Trinajstić information content (AvgIpc) is 4.13. The van der Waals surface area contributed by atoms with Gasteiger partial charge in [-0.05, 0) is 94.3 Å². The summed E-state index contributed by atoms with van der Waals surface area (Å²) in [5, 5.41) is 33.7. The van der Waals surface area contributed by atoms with Crippen LogP contribution in [0.2, 0.25) is 0 Å². The predicted octanol–water partition coefficient (Wildman–Crippen LogP) is -3.36. The minimum atomic E-state index is -1.87. The molecular formula is C55H88N16O14S2. The minimum absolute atomic E-state index is 0.0636. The van der Waals surface area contributed by atoms with Crippen LogP contribution in [0.3, 0.4) is 0 Å². The Kier molecular flexibility index (Phi) is 32.1. The van der Waals surface area contributed by atoms with Gasteiger partial charge in [0.2, 0.25) is 70.9 Å². The lowest BCUT2D eigenvalue weighted by Crippen LogP contribution is -2.61. The number of fused-ring (bicyclic) bond motifs is 1. The van der Waals surface area contributed by atoms with Crippen LogP contribution >= 0.6 is 21.6 Å². The number of nitrogens with one attached hydrogen (secondary N) is 10. The average molecular weight is 1260 g/mol. The van der Waals surface area contributed by atoms with Crippen molar-refractivity contribution in [3.63, 3.8) is 0 Å². The van der Waals surface area contributed by atoms with Crippen molar-refractivity contribution >= 4 is 109 Å². The molecule has 3 rings (SSSR count). The molecule has 0 spiro atoms. The van der Waals surface area contributed by atoms with E-state index in [1.165, 1.54) is 0 Å². The summed E-state index contributed by atoms with van der Waals surface area (Å²) < 4.78 is 0. The van der Waals surface area contributed by atoms with E-state index in [1.807, 2.05) is 0 Å². The monoisotopic (exact) mass is 1260 g/mol. The summed E-state index contributed by atoms with van der Waals surface area (Å²) in [6, 6.07) is -7.91. The van der Waals surface area contributed by atoms with Crippen molar-refractivity contribution in [1.29, 1.82) is 0 Å². The molecular weight excluding hydrogens is 1170 g/mol. The molecule has 87 heavy (non-hydrogen) atoms. The van der Waals surface area contributed by atoms with Crippen molar-refractivity contribution < 1.29 is 67.4 Å². The third-order valence-corrected chi connectivity index (χ3v) is 16.7. The zero-order valence-electron chi connectivity index (χ0n) is 49.6. The number of carbonyl (C=O) groups excluding carboxylic acids is 12. The first-order valence-electron chi connectivity index (χ1n) is 29.0. The number of aromatic nitrogens is 1. The van der Waals surface area contributed by atoms with Gasteiger partial charge < -0.3 is 92.3 Å². The van der Waals surface area contributed by atoms with Gasteiger partial charge in [-0.3, -0.25) is 62.3 Å². The zero-order chi connectivity index (χ0) is 64.9. The molecule has 0 saturated carbocycles. The van der Waals surface area contributed by atoms with Crippen LogP contribution in [0, 0.1) is 11.8 Å². The molecule has 0 radical (unpaired) electrons. The Morgan fingerprint density at radius 2 is 1.01 bits per heavy atom. The highest BCUT2D eigenvalue weighted by atomic mass is 33.1. The van der Waals surface area contributed by atoms with Gasteiger partial charge in [-0.2, -0.15) is 0 Å². The van der Waals surface area contributed by atoms with Gasteiger partial charge in [-0.25, -0.2) is 0 Å². The standard InChI is InChI=1S/C55H88N16O14S2/c1-5-29(4)45-55(85)69-39(23-30-25-62-33-13-7-6-12-31(30)33)53(83)65-34(14-8-10-20-56)48(78)66-36(16-18-42(59)72)50(80)64-35(15-9-11-21-57)49(79)68-40(24-44(74)75)54(84)67-38(22-28(2)3)52(82)70-41(46(61)76)27-87-86-26-32(58)47(77)63-37(51(81)71-45)17-19-43(60)73/h6-7,12-13,25,28-29,32,34-41,45,62H,5,8-11,14-24,26-27,56-58H2,1-4H3,(H2,59,72)(H2,60,73)(H2,61,76)(H,63,77)(H,64,80)(H,65,83)(H,66,78)(H,67,84)(H,68,79)(H,69,85)(H,70,82)(H,71,81)(H,74,75)/t29-,32+,34+,35+,36+,37+,38+,39+,40+,41+,45+/m0/s1. The quantitative estimate of drug-likeness (QED) is 0.0382. The van der Waals surface area contributed by atoms with E-state index >= 15 is 0 Å². The van der Waals surface area contributed by atoms with Gasteiger partial charge in [0.1, 0.15) is 54.4 Å². The van der Waals surface area contributed by atoms with E-state index in [4.69, 9.17) is 34.4 Å². The maximum Gasteiger partial charge on any atom is 0.305 e. The van der Waals surface area contributed by atoms with Gasteiger partial charge >= 0.3 is 5.97 Å². The Hall–Kier alpha value is -7.55. The van der Waals surface area contributed by atoms with Crippen molar-refractivity contribution in [2.75, 3.05) is 24.6 Å². The van der Waals surface area contributed by atoms with Gasteiger partial charge in [-0.15, -0.1) is 0 Å². The number of benzene rings is 1. The topological polar surface area (TPSA) is 522 Å². The molecule has 0 bridgehead atoms. The van der Waals surface area contributed by atoms with E-state index in [0.29, 0.717) is 35.7 Å². The molecule has 23 N–H and O–H groups in total. The summed E-state index contributed by atoms with van der Waals surface area (Å²) in [6.45, 7) is 7.15. The highest BCUT2D eigenvalue weighted by Crippen LogP contribution is 2.24. The van der Waals surface area contributed by atoms with Crippen LogP contribution in [0.15, 0.2) is 30.5 Å². The molecule has 1 fully saturated rings. The highest BCUT2D eigenvalue weighted by Gasteiger charge is 2.38. The third kappa shape index (κ3) is 25.7. The number of para-hydroxylation sites is 1. The van der Waals surface area contributed by atoms with E-state index in [2.05, 4.69) is 52.8 Å². The van der Waals surface area contributed by atoms with E-state index in [-0.39, 0.29) is 81.9 Å². The van der Waals surface area contributed by atoms with Crippen LogP contribution in [0.5, 0.6) is 0 Å². The summed E-state index contributed by atoms with van der Waals surface area (Å²) in [4.78, 5) is 181. The van der Waals surface area contributed by atoms with E-state index < -0.39 is 162 Å². The number of rotatable bonds is 23. The second kappa shape index (κ2) is 37.9. The SMILES string of the molecule is CC[C@H](C)[C@H]1NC(=O)[C@@H](CCC(N)=O)NC(=O)[C@H](N)CSSC[C@H](C(N)=O)NC(=O)[C@@H](CC(C)C)NC(=O)[C@@H](CC(=O)O)NC(=O)[C@@H](CCCCN)NC(=O)[C@@H](CCC(N)=O)NC(=O)[C@@H](CCCCN)NC(=O)[C@@H](Cc2c[nH]c3ccccc23)NC1=O. The number of carbonyl (C=O) groups is 13. The lowest BCUT2D eigenvalue weighted by Gasteiger charge is -2.29. The smallest absolute Gasteiger partial charge is 0.305 e. The number of hydrogen-bond donors (Lipinski definition) is 17. The number of aromatic amines is 1. The lowest BCUT2D eigenvalue weighted by molar-refractivity contribution is -0.141.